The summed E-state index contributed by atoms with van der Waals surface area (Å²) in [6.45, 7) is 5.63. The number of carbonyl (C=O) groups is 1. The molecular formula is C18H19N3OS. The van der Waals surface area contributed by atoms with Crippen LogP contribution in [0.1, 0.15) is 33.5 Å². The molecule has 4 nitrogen and oxygen atoms in total. The van der Waals surface area contributed by atoms with E-state index in [-0.39, 0.29) is 5.91 Å². The van der Waals surface area contributed by atoms with Crippen LogP contribution in [0.5, 0.6) is 0 Å². The minimum Gasteiger partial charge on any atom is -0.336 e. The van der Waals surface area contributed by atoms with Crippen LogP contribution in [-0.2, 0) is 0 Å². The van der Waals surface area contributed by atoms with E-state index in [1.54, 1.807) is 0 Å². The zero-order valence-electron chi connectivity index (χ0n) is 13.3. The summed E-state index contributed by atoms with van der Waals surface area (Å²) in [5, 5.41) is 1.99. The highest BCUT2D eigenvalue weighted by Crippen LogP contribution is 2.29. The van der Waals surface area contributed by atoms with Crippen LogP contribution in [0.2, 0.25) is 0 Å². The molecule has 0 unspecified atom stereocenters. The first-order valence-electron chi connectivity index (χ1n) is 7.92. The van der Waals surface area contributed by atoms with Crippen LogP contribution in [-0.4, -0.2) is 33.4 Å². The maximum atomic E-state index is 12.7. The molecule has 3 heterocycles. The molecule has 1 atom stereocenters. The Morgan fingerprint density at radius 3 is 2.87 bits per heavy atom. The zero-order valence-corrected chi connectivity index (χ0v) is 14.1. The molecule has 1 aliphatic heterocycles. The lowest BCUT2D eigenvalue weighted by Gasteiger charge is -2.18. The summed E-state index contributed by atoms with van der Waals surface area (Å²) in [6.07, 6.45) is 0.983. The highest BCUT2D eigenvalue weighted by Gasteiger charge is 2.30. The number of aromatic nitrogens is 2. The van der Waals surface area contributed by atoms with Gasteiger partial charge in [0.15, 0.2) is 0 Å². The third kappa shape index (κ3) is 2.36. The number of nitrogens with zero attached hydrogens (tertiary/aromatic N) is 3. The molecule has 118 valence electrons. The number of amides is 1. The molecule has 1 saturated heterocycles. The van der Waals surface area contributed by atoms with Gasteiger partial charge in [0.1, 0.15) is 5.82 Å². The SMILES string of the molecule is Cc1ccsc1C(=O)N1CC[C@H](n2c(C)nc3ccccc32)C1. The Kier molecular flexibility index (Phi) is 3.45. The fraction of sp³-hybridized carbons (Fsp3) is 0.333. The number of rotatable bonds is 2. The molecule has 23 heavy (non-hydrogen) atoms. The molecule has 3 aromatic rings. The first-order valence-corrected chi connectivity index (χ1v) is 8.80. The first-order chi connectivity index (χ1) is 11.1. The van der Waals surface area contributed by atoms with Gasteiger partial charge in [-0.1, -0.05) is 12.1 Å². The highest BCUT2D eigenvalue weighted by molar-refractivity contribution is 7.12. The van der Waals surface area contributed by atoms with Crippen molar-refractivity contribution in [2.45, 2.75) is 26.3 Å². The van der Waals surface area contributed by atoms with Gasteiger partial charge in [0.05, 0.1) is 22.0 Å². The summed E-state index contributed by atoms with van der Waals surface area (Å²) >= 11 is 1.54. The predicted molar refractivity (Wildman–Crippen MR) is 93.1 cm³/mol. The van der Waals surface area contributed by atoms with Crippen LogP contribution < -0.4 is 0 Å². The van der Waals surface area contributed by atoms with Crippen molar-refractivity contribution >= 4 is 28.3 Å². The van der Waals surface area contributed by atoms with Gasteiger partial charge in [-0.25, -0.2) is 4.98 Å². The van der Waals surface area contributed by atoms with Crippen molar-refractivity contribution < 1.29 is 4.79 Å². The van der Waals surface area contributed by atoms with Crippen LogP contribution >= 0.6 is 11.3 Å². The van der Waals surface area contributed by atoms with Gasteiger partial charge in [-0.05, 0) is 49.4 Å². The number of imidazole rings is 1. The van der Waals surface area contributed by atoms with Crippen LogP contribution in [0.3, 0.4) is 0 Å². The van der Waals surface area contributed by atoms with Crippen LogP contribution in [0, 0.1) is 13.8 Å². The van der Waals surface area contributed by atoms with E-state index in [2.05, 4.69) is 15.6 Å². The van der Waals surface area contributed by atoms with E-state index in [1.807, 2.05) is 48.4 Å². The van der Waals surface area contributed by atoms with Crippen molar-refractivity contribution in [2.75, 3.05) is 13.1 Å². The van der Waals surface area contributed by atoms with Crippen molar-refractivity contribution in [1.82, 2.24) is 14.5 Å². The Labute approximate surface area is 139 Å². The van der Waals surface area contributed by atoms with Gasteiger partial charge in [0, 0.05) is 13.1 Å². The number of para-hydroxylation sites is 2. The molecule has 5 heteroatoms. The molecule has 0 N–H and O–H groups in total. The van der Waals surface area contributed by atoms with Gasteiger partial charge in [-0.3, -0.25) is 4.79 Å². The number of hydrogen-bond donors (Lipinski definition) is 0. The molecule has 0 spiro atoms. The lowest BCUT2D eigenvalue weighted by atomic mass is 10.2. The third-order valence-electron chi connectivity index (χ3n) is 4.64. The van der Waals surface area contributed by atoms with Gasteiger partial charge in [0.25, 0.3) is 5.91 Å². The number of likely N-dealkylation sites (tertiary alicyclic amines) is 1. The van der Waals surface area contributed by atoms with Crippen molar-refractivity contribution in [2.24, 2.45) is 0 Å². The molecule has 1 aliphatic rings. The second-order valence-electron chi connectivity index (χ2n) is 6.14. The van der Waals surface area contributed by atoms with Crippen LogP contribution in [0.15, 0.2) is 35.7 Å². The quantitative estimate of drug-likeness (QED) is 0.719. The zero-order chi connectivity index (χ0) is 16.0. The van der Waals surface area contributed by atoms with Gasteiger partial charge >= 0.3 is 0 Å². The number of carbonyl (C=O) groups excluding carboxylic acids is 1. The molecule has 0 saturated carbocycles. The number of thiophene rings is 1. The lowest BCUT2D eigenvalue weighted by molar-refractivity contribution is 0.0792. The monoisotopic (exact) mass is 325 g/mol. The minimum absolute atomic E-state index is 0.169. The van der Waals surface area contributed by atoms with E-state index >= 15 is 0 Å². The molecule has 2 aromatic heterocycles. The normalized spacial score (nSPS) is 18.0. The smallest absolute Gasteiger partial charge is 0.264 e. The summed E-state index contributed by atoms with van der Waals surface area (Å²) in [5.74, 6) is 1.19. The summed E-state index contributed by atoms with van der Waals surface area (Å²) in [5.41, 5.74) is 3.27. The van der Waals surface area contributed by atoms with E-state index in [1.165, 1.54) is 11.3 Å². The average molecular weight is 325 g/mol. The molecule has 1 fully saturated rings. The maximum absolute atomic E-state index is 12.7. The van der Waals surface area contributed by atoms with Gasteiger partial charge in [-0.15, -0.1) is 11.3 Å². The largest absolute Gasteiger partial charge is 0.336 e. The van der Waals surface area contributed by atoms with Gasteiger partial charge in [-0.2, -0.15) is 0 Å². The van der Waals surface area contributed by atoms with E-state index in [4.69, 9.17) is 0 Å². The second-order valence-corrected chi connectivity index (χ2v) is 7.06. The van der Waals surface area contributed by atoms with E-state index in [0.29, 0.717) is 6.04 Å². The van der Waals surface area contributed by atoms with Crippen LogP contribution in [0.25, 0.3) is 11.0 Å². The Hall–Kier alpha value is -2.14. The molecule has 4 rings (SSSR count). The Morgan fingerprint density at radius 1 is 1.26 bits per heavy atom. The standard InChI is InChI=1S/C18H19N3OS/c1-12-8-10-23-17(12)18(22)20-9-7-14(11-20)21-13(2)19-15-5-3-4-6-16(15)21/h3-6,8,10,14H,7,9,11H2,1-2H3/t14-/m0/s1. The topological polar surface area (TPSA) is 38.1 Å². The van der Waals surface area contributed by atoms with E-state index in [0.717, 1.165) is 46.8 Å². The molecule has 0 bridgehead atoms. The number of hydrogen-bond acceptors (Lipinski definition) is 3. The summed E-state index contributed by atoms with van der Waals surface area (Å²) in [7, 11) is 0. The molecular weight excluding hydrogens is 306 g/mol. The molecule has 0 aliphatic carbocycles. The van der Waals surface area contributed by atoms with Crippen molar-refractivity contribution in [3.8, 4) is 0 Å². The third-order valence-corrected chi connectivity index (χ3v) is 5.65. The van der Waals surface area contributed by atoms with E-state index < -0.39 is 0 Å². The Morgan fingerprint density at radius 2 is 2.09 bits per heavy atom. The van der Waals surface area contributed by atoms with Crippen molar-refractivity contribution in [3.63, 3.8) is 0 Å². The maximum Gasteiger partial charge on any atom is 0.264 e. The van der Waals surface area contributed by atoms with Crippen LogP contribution in [0.4, 0.5) is 0 Å². The van der Waals surface area contributed by atoms with Gasteiger partial charge < -0.3 is 9.47 Å². The lowest BCUT2D eigenvalue weighted by Crippen LogP contribution is -2.29. The summed E-state index contributed by atoms with van der Waals surface area (Å²) in [6, 6.07) is 10.6. The average Bonchev–Trinajstić information content (AvgIpc) is 3.23. The minimum atomic E-state index is 0.169. The summed E-state index contributed by atoms with van der Waals surface area (Å²) in [4.78, 5) is 20.2. The Balaban J connectivity index is 1.62. The first kappa shape index (κ1) is 14.5. The molecule has 1 aromatic carbocycles. The van der Waals surface area contributed by atoms with Crippen molar-refractivity contribution in [3.05, 3.63) is 52.0 Å². The van der Waals surface area contributed by atoms with Crippen molar-refractivity contribution in [1.29, 1.82) is 0 Å². The molecule has 0 radical (unpaired) electrons. The fourth-order valence-corrected chi connectivity index (χ4v) is 4.39. The number of aryl methyl sites for hydroxylation is 2. The predicted octanol–water partition coefficient (Wildman–Crippen LogP) is 3.80. The molecule has 1 amide bonds. The number of fused-ring (bicyclic) bond motifs is 1. The highest BCUT2D eigenvalue weighted by atomic mass is 32.1. The van der Waals surface area contributed by atoms with Gasteiger partial charge in [0.2, 0.25) is 0 Å². The van der Waals surface area contributed by atoms with E-state index in [9.17, 15) is 4.79 Å². The summed E-state index contributed by atoms with van der Waals surface area (Å²) < 4.78 is 2.30. The second kappa shape index (κ2) is 5.49. The fourth-order valence-electron chi connectivity index (χ4n) is 3.50. The number of benzene rings is 1. The Bertz CT molecular complexity index is 879.